The molecule has 1 fully saturated rings. The lowest BCUT2D eigenvalue weighted by molar-refractivity contribution is 0.0691. The summed E-state index contributed by atoms with van der Waals surface area (Å²) in [5.41, 5.74) is 1.21. The zero-order chi connectivity index (χ0) is 12.3. The average Bonchev–Trinajstić information content (AvgIpc) is 2.80. The number of hydrogen-bond donors (Lipinski definition) is 1. The third-order valence-corrected chi connectivity index (χ3v) is 3.31. The second kappa shape index (κ2) is 5.21. The molecule has 3 heteroatoms. The van der Waals surface area contributed by atoms with Gasteiger partial charge in [-0.15, -0.1) is 0 Å². The molecule has 0 spiro atoms. The number of aryl methyl sites for hydroxylation is 1. The zero-order valence-corrected chi connectivity index (χ0v) is 10.1. The van der Waals surface area contributed by atoms with Crippen molar-refractivity contribution in [2.75, 3.05) is 6.61 Å². The highest BCUT2D eigenvalue weighted by atomic mass is 16.5. The second-order valence-corrected chi connectivity index (χ2v) is 4.77. The third-order valence-electron chi connectivity index (χ3n) is 3.31. The zero-order valence-electron chi connectivity index (χ0n) is 10.1. The first-order chi connectivity index (χ1) is 8.16. The van der Waals surface area contributed by atoms with E-state index in [-0.39, 0.29) is 5.56 Å². The predicted molar refractivity (Wildman–Crippen MR) is 65.6 cm³/mol. The number of carboxylic acids is 1. The summed E-state index contributed by atoms with van der Waals surface area (Å²) in [4.78, 5) is 11.1. The van der Waals surface area contributed by atoms with Gasteiger partial charge in [-0.3, -0.25) is 0 Å². The first-order valence-corrected chi connectivity index (χ1v) is 6.13. The summed E-state index contributed by atoms with van der Waals surface area (Å²) in [6.07, 6.45) is 4.95. The Labute approximate surface area is 101 Å². The molecule has 0 unspecified atom stereocenters. The van der Waals surface area contributed by atoms with Crippen LogP contribution >= 0.6 is 0 Å². The molecular formula is C14H18O3. The van der Waals surface area contributed by atoms with Crippen LogP contribution in [0, 0.1) is 12.8 Å². The van der Waals surface area contributed by atoms with Crippen molar-refractivity contribution >= 4 is 5.97 Å². The molecule has 92 valence electrons. The second-order valence-electron chi connectivity index (χ2n) is 4.77. The summed E-state index contributed by atoms with van der Waals surface area (Å²) in [7, 11) is 0. The minimum atomic E-state index is -0.921. The summed E-state index contributed by atoms with van der Waals surface area (Å²) in [6.45, 7) is 2.52. The number of hydrogen-bond acceptors (Lipinski definition) is 2. The maximum Gasteiger partial charge on any atom is 0.339 e. The van der Waals surface area contributed by atoms with Crippen LogP contribution in [0.4, 0.5) is 0 Å². The Hall–Kier alpha value is -1.51. The van der Waals surface area contributed by atoms with Gasteiger partial charge in [0.15, 0.2) is 0 Å². The van der Waals surface area contributed by atoms with Gasteiger partial charge in [0.2, 0.25) is 0 Å². The van der Waals surface area contributed by atoms with Gasteiger partial charge < -0.3 is 9.84 Å². The van der Waals surface area contributed by atoms with Gasteiger partial charge in [0.25, 0.3) is 0 Å². The van der Waals surface area contributed by atoms with Crippen molar-refractivity contribution in [3.05, 3.63) is 29.3 Å². The molecule has 1 saturated carbocycles. The first kappa shape index (κ1) is 12.0. The van der Waals surface area contributed by atoms with Crippen molar-refractivity contribution in [1.82, 2.24) is 0 Å². The van der Waals surface area contributed by atoms with Crippen LogP contribution in [0.5, 0.6) is 5.75 Å². The molecule has 0 radical (unpaired) electrons. The van der Waals surface area contributed by atoms with Gasteiger partial charge in [0, 0.05) is 0 Å². The van der Waals surface area contributed by atoms with Crippen LogP contribution in [-0.4, -0.2) is 17.7 Å². The van der Waals surface area contributed by atoms with Crippen LogP contribution in [0.2, 0.25) is 0 Å². The largest absolute Gasteiger partial charge is 0.492 e. The lowest BCUT2D eigenvalue weighted by Gasteiger charge is -2.13. The van der Waals surface area contributed by atoms with Gasteiger partial charge >= 0.3 is 5.97 Å². The summed E-state index contributed by atoms with van der Waals surface area (Å²) < 4.78 is 5.66. The fraction of sp³-hybridized carbons (Fsp3) is 0.500. The van der Waals surface area contributed by atoms with Crippen molar-refractivity contribution in [3.63, 3.8) is 0 Å². The van der Waals surface area contributed by atoms with Crippen LogP contribution < -0.4 is 4.74 Å². The van der Waals surface area contributed by atoms with Crippen molar-refractivity contribution < 1.29 is 14.6 Å². The highest BCUT2D eigenvalue weighted by molar-refractivity contribution is 5.91. The fourth-order valence-corrected chi connectivity index (χ4v) is 2.32. The Morgan fingerprint density at radius 3 is 2.76 bits per heavy atom. The van der Waals surface area contributed by atoms with Crippen LogP contribution in [0.15, 0.2) is 18.2 Å². The summed E-state index contributed by atoms with van der Waals surface area (Å²) in [6, 6.07) is 5.30. The maximum atomic E-state index is 11.1. The number of carboxylic acid groups (broad SMARTS) is 1. The number of rotatable bonds is 4. The smallest absolute Gasteiger partial charge is 0.339 e. The molecule has 0 heterocycles. The van der Waals surface area contributed by atoms with E-state index in [1.807, 2.05) is 13.0 Å². The van der Waals surface area contributed by atoms with Gasteiger partial charge in [-0.25, -0.2) is 4.79 Å². The van der Waals surface area contributed by atoms with Crippen LogP contribution in [0.1, 0.15) is 41.6 Å². The molecule has 17 heavy (non-hydrogen) atoms. The first-order valence-electron chi connectivity index (χ1n) is 6.13. The van der Waals surface area contributed by atoms with E-state index in [2.05, 4.69) is 0 Å². The van der Waals surface area contributed by atoms with Gasteiger partial charge in [-0.2, -0.15) is 0 Å². The molecule has 1 aromatic carbocycles. The molecule has 1 N–H and O–H groups in total. The Morgan fingerprint density at radius 1 is 1.41 bits per heavy atom. The molecule has 0 saturated heterocycles. The molecule has 1 aliphatic carbocycles. The SMILES string of the molecule is Cc1ccc(OCC2CCCC2)c(C(=O)O)c1. The lowest BCUT2D eigenvalue weighted by Crippen LogP contribution is -2.10. The molecule has 0 amide bonds. The van der Waals surface area contributed by atoms with E-state index >= 15 is 0 Å². The van der Waals surface area contributed by atoms with Crippen LogP contribution in [-0.2, 0) is 0 Å². The summed E-state index contributed by atoms with van der Waals surface area (Å²) >= 11 is 0. The normalized spacial score (nSPS) is 16.1. The van der Waals surface area contributed by atoms with Crippen LogP contribution in [0.25, 0.3) is 0 Å². The topological polar surface area (TPSA) is 46.5 Å². The highest BCUT2D eigenvalue weighted by Crippen LogP contribution is 2.27. The standard InChI is InChI=1S/C14H18O3/c1-10-6-7-13(12(8-10)14(15)16)17-9-11-4-2-3-5-11/h6-8,11H,2-5,9H2,1H3,(H,15,16). The van der Waals surface area contributed by atoms with E-state index in [0.717, 1.165) is 5.56 Å². The molecule has 0 atom stereocenters. The van der Waals surface area contributed by atoms with E-state index in [1.54, 1.807) is 12.1 Å². The quantitative estimate of drug-likeness (QED) is 0.869. The number of benzene rings is 1. The van der Waals surface area contributed by atoms with Crippen molar-refractivity contribution in [2.45, 2.75) is 32.6 Å². The molecule has 2 rings (SSSR count). The van der Waals surface area contributed by atoms with E-state index < -0.39 is 5.97 Å². The maximum absolute atomic E-state index is 11.1. The Bertz CT molecular complexity index is 406. The highest BCUT2D eigenvalue weighted by Gasteiger charge is 2.17. The fourth-order valence-electron chi connectivity index (χ4n) is 2.32. The minimum absolute atomic E-state index is 0.267. The molecule has 0 aromatic heterocycles. The van der Waals surface area contributed by atoms with E-state index in [0.29, 0.717) is 18.3 Å². The summed E-state index contributed by atoms with van der Waals surface area (Å²) in [5.74, 6) is 0.170. The Morgan fingerprint density at radius 2 is 2.12 bits per heavy atom. The molecule has 3 nitrogen and oxygen atoms in total. The number of carbonyl (C=O) groups is 1. The molecule has 0 bridgehead atoms. The lowest BCUT2D eigenvalue weighted by atomic mass is 10.1. The van der Waals surface area contributed by atoms with E-state index in [4.69, 9.17) is 9.84 Å². The third kappa shape index (κ3) is 2.99. The van der Waals surface area contributed by atoms with Crippen molar-refractivity contribution in [2.24, 2.45) is 5.92 Å². The molecule has 1 aliphatic rings. The molecule has 1 aromatic rings. The van der Waals surface area contributed by atoms with Gasteiger partial charge in [-0.05, 0) is 37.8 Å². The van der Waals surface area contributed by atoms with E-state index in [9.17, 15) is 4.79 Å². The molecule has 0 aliphatic heterocycles. The Kier molecular flexibility index (Phi) is 3.67. The van der Waals surface area contributed by atoms with Crippen molar-refractivity contribution in [3.8, 4) is 5.75 Å². The average molecular weight is 234 g/mol. The van der Waals surface area contributed by atoms with Crippen molar-refractivity contribution in [1.29, 1.82) is 0 Å². The summed E-state index contributed by atoms with van der Waals surface area (Å²) in [5, 5.41) is 9.10. The predicted octanol–water partition coefficient (Wildman–Crippen LogP) is 3.26. The van der Waals surface area contributed by atoms with Gasteiger partial charge in [-0.1, -0.05) is 24.5 Å². The minimum Gasteiger partial charge on any atom is -0.492 e. The number of aromatic carboxylic acids is 1. The number of ether oxygens (including phenoxy) is 1. The van der Waals surface area contributed by atoms with Crippen LogP contribution in [0.3, 0.4) is 0 Å². The Balaban J connectivity index is 2.06. The van der Waals surface area contributed by atoms with E-state index in [1.165, 1.54) is 25.7 Å². The molecular weight excluding hydrogens is 216 g/mol. The van der Waals surface area contributed by atoms with Gasteiger partial charge in [0.1, 0.15) is 11.3 Å². The monoisotopic (exact) mass is 234 g/mol. The van der Waals surface area contributed by atoms with Gasteiger partial charge in [0.05, 0.1) is 6.61 Å².